The Labute approximate surface area is 79.6 Å². The highest BCUT2D eigenvalue weighted by atomic mass is 16.6. The van der Waals surface area contributed by atoms with Gasteiger partial charge in [-0.25, -0.2) is 4.98 Å². The number of aryl methyl sites for hydroxylation is 1. The molecule has 0 aliphatic rings. The molecule has 0 N–H and O–H groups in total. The third kappa shape index (κ3) is 1.39. The molecular weight excluding hydrogens is 182 g/mol. The molecule has 0 bridgehead atoms. The van der Waals surface area contributed by atoms with Gasteiger partial charge in [-0.2, -0.15) is 0 Å². The Morgan fingerprint density at radius 3 is 2.86 bits per heavy atom. The predicted octanol–water partition coefficient (Wildman–Crippen LogP) is 1.85. The summed E-state index contributed by atoms with van der Waals surface area (Å²) in [6, 6.07) is 4.45. The number of benzene rings is 1. The Morgan fingerprint density at radius 2 is 2.14 bits per heavy atom. The van der Waals surface area contributed by atoms with E-state index in [4.69, 9.17) is 0 Å². The van der Waals surface area contributed by atoms with Crippen molar-refractivity contribution in [3.8, 4) is 0 Å². The third-order valence-corrected chi connectivity index (χ3v) is 1.86. The first-order chi connectivity index (χ1) is 6.66. The van der Waals surface area contributed by atoms with Gasteiger partial charge in [-0.3, -0.25) is 15.1 Å². The lowest BCUT2D eigenvalue weighted by molar-refractivity contribution is -0.384. The van der Waals surface area contributed by atoms with Crippen LogP contribution in [-0.4, -0.2) is 14.9 Å². The van der Waals surface area contributed by atoms with Crippen LogP contribution in [0.15, 0.2) is 24.4 Å². The summed E-state index contributed by atoms with van der Waals surface area (Å²) in [5, 5.41) is 10.5. The third-order valence-electron chi connectivity index (χ3n) is 1.86. The fraction of sp³-hybridized carbons (Fsp3) is 0.111. The van der Waals surface area contributed by atoms with E-state index in [0.717, 1.165) is 5.69 Å². The summed E-state index contributed by atoms with van der Waals surface area (Å²) in [5.41, 5.74) is 2.01. The number of non-ortho nitro benzene ring substituents is 1. The monoisotopic (exact) mass is 189 g/mol. The number of nitro benzene ring substituents is 1. The van der Waals surface area contributed by atoms with Crippen LogP contribution in [0.5, 0.6) is 0 Å². The van der Waals surface area contributed by atoms with Crippen LogP contribution >= 0.6 is 0 Å². The largest absolute Gasteiger partial charge is 0.271 e. The molecule has 1 aromatic heterocycles. The second-order valence-corrected chi connectivity index (χ2v) is 2.94. The van der Waals surface area contributed by atoms with Gasteiger partial charge in [0.15, 0.2) is 0 Å². The van der Waals surface area contributed by atoms with Crippen LogP contribution in [0.2, 0.25) is 0 Å². The molecule has 5 heteroatoms. The molecule has 0 amide bonds. The number of nitrogens with zero attached hydrogens (tertiary/aromatic N) is 3. The molecule has 0 spiro atoms. The fourth-order valence-electron chi connectivity index (χ4n) is 1.21. The molecule has 1 heterocycles. The van der Waals surface area contributed by atoms with Crippen LogP contribution in [-0.2, 0) is 0 Å². The molecule has 14 heavy (non-hydrogen) atoms. The lowest BCUT2D eigenvalue weighted by Crippen LogP contribution is -1.91. The summed E-state index contributed by atoms with van der Waals surface area (Å²) in [6.07, 6.45) is 1.63. The molecular formula is C9H7N3O2. The SMILES string of the molecule is Cc1cnc2ccc([N+](=O)[O-])cc2n1. The summed E-state index contributed by atoms with van der Waals surface area (Å²) in [6.45, 7) is 1.80. The highest BCUT2D eigenvalue weighted by molar-refractivity contribution is 5.76. The smallest absolute Gasteiger partial charge is 0.258 e. The summed E-state index contributed by atoms with van der Waals surface area (Å²) in [4.78, 5) is 18.3. The molecule has 0 aliphatic heterocycles. The van der Waals surface area contributed by atoms with Gasteiger partial charge in [0.2, 0.25) is 0 Å². The highest BCUT2D eigenvalue weighted by Gasteiger charge is 2.06. The lowest BCUT2D eigenvalue weighted by atomic mass is 10.2. The number of nitro groups is 1. The summed E-state index contributed by atoms with van der Waals surface area (Å²) < 4.78 is 0. The molecule has 5 nitrogen and oxygen atoms in total. The van der Waals surface area contributed by atoms with Gasteiger partial charge in [0.05, 0.1) is 21.7 Å². The predicted molar refractivity (Wildman–Crippen MR) is 50.9 cm³/mol. The van der Waals surface area contributed by atoms with Crippen LogP contribution in [0.3, 0.4) is 0 Å². The normalized spacial score (nSPS) is 10.4. The van der Waals surface area contributed by atoms with Crippen LogP contribution in [0.25, 0.3) is 11.0 Å². The minimum Gasteiger partial charge on any atom is -0.258 e. The molecule has 0 atom stereocenters. The van der Waals surface area contributed by atoms with E-state index in [2.05, 4.69) is 9.97 Å². The lowest BCUT2D eigenvalue weighted by Gasteiger charge is -1.97. The van der Waals surface area contributed by atoms with Crippen LogP contribution < -0.4 is 0 Å². The van der Waals surface area contributed by atoms with Gasteiger partial charge in [0.25, 0.3) is 5.69 Å². The van der Waals surface area contributed by atoms with Crippen molar-refractivity contribution in [2.45, 2.75) is 6.92 Å². The molecule has 0 fully saturated rings. The van der Waals surface area contributed by atoms with E-state index in [1.54, 1.807) is 19.2 Å². The zero-order chi connectivity index (χ0) is 10.1. The Kier molecular flexibility index (Phi) is 1.85. The Balaban J connectivity index is 2.69. The van der Waals surface area contributed by atoms with Gasteiger partial charge >= 0.3 is 0 Å². The molecule has 70 valence electrons. The first-order valence-corrected chi connectivity index (χ1v) is 4.04. The number of aromatic nitrogens is 2. The topological polar surface area (TPSA) is 68.9 Å². The minimum absolute atomic E-state index is 0.0393. The van der Waals surface area contributed by atoms with Crippen molar-refractivity contribution in [3.05, 3.63) is 40.2 Å². The van der Waals surface area contributed by atoms with Gasteiger partial charge in [-0.05, 0) is 13.0 Å². The molecule has 0 radical (unpaired) electrons. The van der Waals surface area contributed by atoms with Crippen molar-refractivity contribution in [2.75, 3.05) is 0 Å². The second kappa shape index (κ2) is 3.02. The molecule has 0 saturated heterocycles. The van der Waals surface area contributed by atoms with E-state index in [-0.39, 0.29) is 5.69 Å². The summed E-state index contributed by atoms with van der Waals surface area (Å²) in [5.74, 6) is 0. The molecule has 0 saturated carbocycles. The highest BCUT2D eigenvalue weighted by Crippen LogP contribution is 2.17. The maximum atomic E-state index is 10.5. The average Bonchev–Trinajstić information content (AvgIpc) is 2.16. The van der Waals surface area contributed by atoms with Crippen molar-refractivity contribution < 1.29 is 4.92 Å². The van der Waals surface area contributed by atoms with Crippen molar-refractivity contribution in [2.24, 2.45) is 0 Å². The van der Waals surface area contributed by atoms with Gasteiger partial charge in [0, 0.05) is 18.3 Å². The van der Waals surface area contributed by atoms with E-state index in [1.165, 1.54) is 12.1 Å². The van der Waals surface area contributed by atoms with Gasteiger partial charge in [0.1, 0.15) is 0 Å². The van der Waals surface area contributed by atoms with Crippen molar-refractivity contribution in [3.63, 3.8) is 0 Å². The zero-order valence-electron chi connectivity index (χ0n) is 7.47. The fourth-order valence-corrected chi connectivity index (χ4v) is 1.21. The average molecular weight is 189 g/mol. The zero-order valence-corrected chi connectivity index (χ0v) is 7.47. The Hall–Kier alpha value is -2.04. The Bertz CT molecular complexity index is 510. The molecule has 2 aromatic rings. The van der Waals surface area contributed by atoms with Crippen LogP contribution in [0, 0.1) is 17.0 Å². The maximum Gasteiger partial charge on any atom is 0.271 e. The quantitative estimate of drug-likeness (QED) is 0.507. The second-order valence-electron chi connectivity index (χ2n) is 2.94. The van der Waals surface area contributed by atoms with Gasteiger partial charge in [-0.1, -0.05) is 0 Å². The first kappa shape index (κ1) is 8.55. The number of hydrogen-bond acceptors (Lipinski definition) is 4. The van der Waals surface area contributed by atoms with E-state index in [1.807, 2.05) is 0 Å². The molecule has 0 aliphatic carbocycles. The molecule has 2 rings (SSSR count). The molecule has 0 unspecified atom stereocenters. The van der Waals surface area contributed by atoms with Crippen LogP contribution in [0.4, 0.5) is 5.69 Å². The summed E-state index contributed by atoms with van der Waals surface area (Å²) >= 11 is 0. The van der Waals surface area contributed by atoms with Gasteiger partial charge in [-0.15, -0.1) is 0 Å². The van der Waals surface area contributed by atoms with E-state index in [0.29, 0.717) is 11.0 Å². The Morgan fingerprint density at radius 1 is 1.36 bits per heavy atom. The van der Waals surface area contributed by atoms with Crippen LogP contribution in [0.1, 0.15) is 5.69 Å². The molecule has 1 aromatic carbocycles. The number of rotatable bonds is 1. The maximum absolute atomic E-state index is 10.5. The van der Waals surface area contributed by atoms with Gasteiger partial charge < -0.3 is 0 Å². The standard InChI is InChI=1S/C9H7N3O2/c1-6-5-10-8-3-2-7(12(13)14)4-9(8)11-6/h2-5H,1H3. The minimum atomic E-state index is -0.441. The van der Waals surface area contributed by atoms with E-state index < -0.39 is 4.92 Å². The first-order valence-electron chi connectivity index (χ1n) is 4.04. The summed E-state index contributed by atoms with van der Waals surface area (Å²) in [7, 11) is 0. The number of hydrogen-bond donors (Lipinski definition) is 0. The van der Waals surface area contributed by atoms with Crippen molar-refractivity contribution >= 4 is 16.7 Å². The van der Waals surface area contributed by atoms with Crippen molar-refractivity contribution in [1.82, 2.24) is 9.97 Å². The number of fused-ring (bicyclic) bond motifs is 1. The van der Waals surface area contributed by atoms with E-state index >= 15 is 0 Å². The van der Waals surface area contributed by atoms with E-state index in [9.17, 15) is 10.1 Å². The van der Waals surface area contributed by atoms with Crippen molar-refractivity contribution in [1.29, 1.82) is 0 Å².